The summed E-state index contributed by atoms with van der Waals surface area (Å²) in [7, 11) is 1.94. The lowest BCUT2D eigenvalue weighted by molar-refractivity contribution is -0.116. The smallest absolute Gasteiger partial charge is 0.245 e. The van der Waals surface area contributed by atoms with Gasteiger partial charge in [-0.3, -0.25) is 4.79 Å². The van der Waals surface area contributed by atoms with Crippen molar-refractivity contribution in [1.82, 2.24) is 9.55 Å². The van der Waals surface area contributed by atoms with Crippen molar-refractivity contribution in [2.45, 2.75) is 16.1 Å². The van der Waals surface area contributed by atoms with Crippen LogP contribution >= 0.6 is 11.8 Å². The number of anilines is 1. The van der Waals surface area contributed by atoms with E-state index in [0.29, 0.717) is 0 Å². The molecule has 6 heteroatoms. The molecule has 3 N–H and O–H groups in total. The number of carbonyl (C=O) groups excluding carboxylic acids is 1. The molecule has 1 aliphatic rings. The highest BCUT2D eigenvalue weighted by atomic mass is 32.2. The van der Waals surface area contributed by atoms with Crippen molar-refractivity contribution in [3.63, 3.8) is 0 Å². The van der Waals surface area contributed by atoms with Crippen LogP contribution in [0.4, 0.5) is 5.69 Å². The lowest BCUT2D eigenvalue weighted by atomic mass is 10.1. The van der Waals surface area contributed by atoms with E-state index in [1.54, 1.807) is 18.0 Å². The molecule has 3 rings (SSSR count). The maximum absolute atomic E-state index is 11.5. The van der Waals surface area contributed by atoms with Crippen molar-refractivity contribution < 1.29 is 4.79 Å². The number of nitrogens with one attached hydrogen (secondary N) is 1. The standard InChI is InChI=1S/C12H12N4OS/c1-16-5-4-14-12(16)18-7-2-3-8-9(6-7)15-11(17)10(8)13/h2-6,10H,13H2,1H3,(H,15,17). The van der Waals surface area contributed by atoms with Gasteiger partial charge in [0, 0.05) is 35.6 Å². The molecule has 5 nitrogen and oxygen atoms in total. The maximum atomic E-state index is 11.5. The number of nitrogens with two attached hydrogens (primary N) is 1. The SMILES string of the molecule is Cn1ccnc1Sc1ccc2c(c1)NC(=O)C2N. The number of imidazole rings is 1. The normalized spacial score (nSPS) is 17.7. The zero-order chi connectivity index (χ0) is 12.7. The molecule has 1 aromatic heterocycles. The predicted octanol–water partition coefficient (Wildman–Crippen LogP) is 1.52. The first-order valence-electron chi connectivity index (χ1n) is 5.51. The third-order valence-corrected chi connectivity index (χ3v) is 3.95. The van der Waals surface area contributed by atoms with E-state index in [1.165, 1.54) is 0 Å². The third-order valence-electron chi connectivity index (χ3n) is 2.89. The predicted molar refractivity (Wildman–Crippen MR) is 69.3 cm³/mol. The fourth-order valence-corrected chi connectivity index (χ4v) is 2.73. The fourth-order valence-electron chi connectivity index (χ4n) is 1.89. The van der Waals surface area contributed by atoms with Crippen LogP contribution in [0.2, 0.25) is 0 Å². The second-order valence-corrected chi connectivity index (χ2v) is 5.18. The molecule has 2 heterocycles. The second kappa shape index (κ2) is 4.15. The lowest BCUT2D eigenvalue weighted by Crippen LogP contribution is -2.19. The summed E-state index contributed by atoms with van der Waals surface area (Å²) in [4.78, 5) is 16.7. The molecule has 0 saturated carbocycles. The third kappa shape index (κ3) is 1.79. The number of fused-ring (bicyclic) bond motifs is 1. The monoisotopic (exact) mass is 260 g/mol. The van der Waals surface area contributed by atoms with Gasteiger partial charge in [0.05, 0.1) is 0 Å². The first-order chi connectivity index (χ1) is 8.65. The van der Waals surface area contributed by atoms with Crippen molar-refractivity contribution >= 4 is 23.4 Å². The molecule has 92 valence electrons. The summed E-state index contributed by atoms with van der Waals surface area (Å²) in [6, 6.07) is 5.23. The van der Waals surface area contributed by atoms with E-state index < -0.39 is 6.04 Å². The van der Waals surface area contributed by atoms with Gasteiger partial charge in [0.25, 0.3) is 0 Å². The van der Waals surface area contributed by atoms with Gasteiger partial charge in [-0.15, -0.1) is 0 Å². The highest BCUT2D eigenvalue weighted by Crippen LogP contribution is 2.34. The number of amides is 1. The Bertz CT molecular complexity index is 622. The van der Waals surface area contributed by atoms with Crippen molar-refractivity contribution in [2.24, 2.45) is 12.8 Å². The molecule has 1 atom stereocenters. The summed E-state index contributed by atoms with van der Waals surface area (Å²) in [5.74, 6) is -0.149. The highest BCUT2D eigenvalue weighted by Gasteiger charge is 2.27. The van der Waals surface area contributed by atoms with Gasteiger partial charge in [0.1, 0.15) is 6.04 Å². The molecular weight excluding hydrogens is 248 g/mol. The van der Waals surface area contributed by atoms with E-state index in [2.05, 4.69) is 10.3 Å². The van der Waals surface area contributed by atoms with Gasteiger partial charge in [0.15, 0.2) is 5.16 Å². The molecule has 2 aromatic rings. The van der Waals surface area contributed by atoms with Gasteiger partial charge >= 0.3 is 0 Å². The maximum Gasteiger partial charge on any atom is 0.245 e. The molecule has 1 aliphatic heterocycles. The van der Waals surface area contributed by atoms with E-state index in [-0.39, 0.29) is 5.91 Å². The lowest BCUT2D eigenvalue weighted by Gasteiger charge is -2.05. The summed E-state index contributed by atoms with van der Waals surface area (Å²) >= 11 is 1.55. The summed E-state index contributed by atoms with van der Waals surface area (Å²) in [5.41, 5.74) is 7.41. The summed E-state index contributed by atoms with van der Waals surface area (Å²) in [6.07, 6.45) is 3.65. The molecular formula is C12H12N4OS. The number of hydrogen-bond acceptors (Lipinski definition) is 4. The topological polar surface area (TPSA) is 72.9 Å². The molecule has 1 aromatic carbocycles. The van der Waals surface area contributed by atoms with E-state index in [9.17, 15) is 4.79 Å². The minimum atomic E-state index is -0.549. The molecule has 0 bridgehead atoms. The minimum Gasteiger partial charge on any atom is -0.329 e. The van der Waals surface area contributed by atoms with Crippen LogP contribution in [-0.2, 0) is 11.8 Å². The van der Waals surface area contributed by atoms with E-state index >= 15 is 0 Å². The Morgan fingerprint density at radius 2 is 2.33 bits per heavy atom. The Morgan fingerprint density at radius 3 is 3.06 bits per heavy atom. The largest absolute Gasteiger partial charge is 0.329 e. The molecule has 1 amide bonds. The number of carbonyl (C=O) groups is 1. The number of aryl methyl sites for hydroxylation is 1. The van der Waals surface area contributed by atoms with Gasteiger partial charge in [-0.2, -0.15) is 0 Å². The summed E-state index contributed by atoms with van der Waals surface area (Å²) < 4.78 is 1.95. The van der Waals surface area contributed by atoms with Crippen molar-refractivity contribution in [1.29, 1.82) is 0 Å². The fraction of sp³-hybridized carbons (Fsp3) is 0.167. The van der Waals surface area contributed by atoms with Crippen LogP contribution in [0.5, 0.6) is 0 Å². The van der Waals surface area contributed by atoms with Crippen molar-refractivity contribution in [3.05, 3.63) is 36.2 Å². The highest BCUT2D eigenvalue weighted by molar-refractivity contribution is 7.99. The summed E-state index contributed by atoms with van der Waals surface area (Å²) in [6.45, 7) is 0. The van der Waals surface area contributed by atoms with Crippen molar-refractivity contribution in [3.8, 4) is 0 Å². The van der Waals surface area contributed by atoms with Crippen LogP contribution in [0.1, 0.15) is 11.6 Å². The number of hydrogen-bond donors (Lipinski definition) is 2. The molecule has 18 heavy (non-hydrogen) atoms. The Balaban J connectivity index is 1.91. The van der Waals surface area contributed by atoms with Gasteiger partial charge < -0.3 is 15.6 Å². The molecule has 0 radical (unpaired) electrons. The summed E-state index contributed by atoms with van der Waals surface area (Å²) in [5, 5.41) is 3.68. The Kier molecular flexibility index (Phi) is 2.61. The number of nitrogens with zero attached hydrogens (tertiary/aromatic N) is 2. The Morgan fingerprint density at radius 1 is 1.50 bits per heavy atom. The average Bonchev–Trinajstić information content (AvgIpc) is 2.86. The Labute approximate surface area is 108 Å². The van der Waals surface area contributed by atoms with Gasteiger partial charge in [-0.1, -0.05) is 17.8 Å². The molecule has 1 unspecified atom stereocenters. The minimum absolute atomic E-state index is 0.149. The van der Waals surface area contributed by atoms with Crippen molar-refractivity contribution in [2.75, 3.05) is 5.32 Å². The van der Waals surface area contributed by atoms with E-state index in [4.69, 9.17) is 5.73 Å². The van der Waals surface area contributed by atoms with E-state index in [0.717, 1.165) is 21.3 Å². The van der Waals surface area contributed by atoms with Crippen LogP contribution in [0, 0.1) is 0 Å². The van der Waals surface area contributed by atoms with Gasteiger partial charge in [-0.05, 0) is 12.1 Å². The number of benzene rings is 1. The average molecular weight is 260 g/mol. The van der Waals surface area contributed by atoms with Crippen LogP contribution in [0.3, 0.4) is 0 Å². The molecule has 0 saturated heterocycles. The zero-order valence-corrected chi connectivity index (χ0v) is 10.6. The van der Waals surface area contributed by atoms with Gasteiger partial charge in [-0.25, -0.2) is 4.98 Å². The number of aromatic nitrogens is 2. The first kappa shape index (κ1) is 11.3. The van der Waals surface area contributed by atoms with Crippen LogP contribution in [0.25, 0.3) is 0 Å². The number of rotatable bonds is 2. The Hall–Kier alpha value is -1.79. The quantitative estimate of drug-likeness (QED) is 0.858. The molecule has 0 fully saturated rings. The van der Waals surface area contributed by atoms with Crippen LogP contribution in [-0.4, -0.2) is 15.5 Å². The van der Waals surface area contributed by atoms with Crippen LogP contribution in [0.15, 0.2) is 40.6 Å². The second-order valence-electron chi connectivity index (χ2n) is 4.14. The van der Waals surface area contributed by atoms with Gasteiger partial charge in [0.2, 0.25) is 5.91 Å². The van der Waals surface area contributed by atoms with Crippen LogP contribution < -0.4 is 11.1 Å². The molecule has 0 aliphatic carbocycles. The zero-order valence-electron chi connectivity index (χ0n) is 9.75. The first-order valence-corrected chi connectivity index (χ1v) is 6.32. The van der Waals surface area contributed by atoms with E-state index in [1.807, 2.05) is 36.0 Å². The molecule has 0 spiro atoms.